The maximum Gasteiger partial charge on any atom is 0.261 e. The highest BCUT2D eigenvalue weighted by Gasteiger charge is 2.35. The molecule has 0 radical (unpaired) electrons. The van der Waals surface area contributed by atoms with Gasteiger partial charge in [-0.1, -0.05) is 36.4 Å². The molecule has 0 unspecified atom stereocenters. The Morgan fingerprint density at radius 1 is 1.19 bits per heavy atom. The number of hydrogen-bond acceptors (Lipinski definition) is 4. The number of hydrogen-bond donors (Lipinski definition) is 0. The quantitative estimate of drug-likeness (QED) is 0.760. The first-order valence-corrected chi connectivity index (χ1v) is 10.6. The van der Waals surface area contributed by atoms with E-state index in [2.05, 4.69) is 0 Å². The molecule has 2 aromatic rings. The van der Waals surface area contributed by atoms with Crippen LogP contribution in [0.5, 0.6) is 5.75 Å². The number of para-hydroxylation sites is 1. The van der Waals surface area contributed by atoms with Crippen molar-refractivity contribution < 1.29 is 22.3 Å². The summed E-state index contributed by atoms with van der Waals surface area (Å²) in [6, 6.07) is 13.1. The molecule has 5 nitrogen and oxygen atoms in total. The molecule has 144 valence electrons. The van der Waals surface area contributed by atoms with E-state index in [1.807, 2.05) is 25.1 Å². The molecule has 1 aliphatic rings. The molecule has 1 fully saturated rings. The van der Waals surface area contributed by atoms with Gasteiger partial charge in [-0.05, 0) is 31.0 Å². The molecule has 27 heavy (non-hydrogen) atoms. The van der Waals surface area contributed by atoms with Gasteiger partial charge in [0.15, 0.2) is 16.4 Å². The minimum Gasteiger partial charge on any atom is -0.484 e. The van der Waals surface area contributed by atoms with Crippen molar-refractivity contribution >= 4 is 15.7 Å². The Morgan fingerprint density at radius 2 is 1.89 bits per heavy atom. The third kappa shape index (κ3) is 4.86. The Hall–Kier alpha value is -2.41. The molecule has 1 saturated heterocycles. The van der Waals surface area contributed by atoms with Crippen LogP contribution in [-0.4, -0.2) is 43.4 Å². The van der Waals surface area contributed by atoms with E-state index in [0.29, 0.717) is 17.7 Å². The van der Waals surface area contributed by atoms with E-state index >= 15 is 0 Å². The van der Waals surface area contributed by atoms with Gasteiger partial charge in [0.05, 0.1) is 11.5 Å². The summed E-state index contributed by atoms with van der Waals surface area (Å²) < 4.78 is 43.4. The van der Waals surface area contributed by atoms with Crippen LogP contribution in [0.15, 0.2) is 48.5 Å². The van der Waals surface area contributed by atoms with Gasteiger partial charge in [0, 0.05) is 18.2 Å². The zero-order chi connectivity index (χ0) is 19.4. The van der Waals surface area contributed by atoms with Crippen molar-refractivity contribution in [3.63, 3.8) is 0 Å². The molecule has 0 N–H and O–H groups in total. The Labute approximate surface area is 158 Å². The summed E-state index contributed by atoms with van der Waals surface area (Å²) in [7, 11) is -3.18. The fourth-order valence-corrected chi connectivity index (χ4v) is 4.92. The van der Waals surface area contributed by atoms with Crippen molar-refractivity contribution in [1.82, 2.24) is 4.90 Å². The third-order valence-electron chi connectivity index (χ3n) is 4.71. The van der Waals surface area contributed by atoms with Crippen molar-refractivity contribution in [3.05, 3.63) is 65.5 Å². The standard InChI is InChI=1S/C20H22FNO4S/c1-15-6-2-5-9-19(15)26-13-20(23)22(17-10-11-27(24,25)14-17)12-16-7-3-4-8-18(16)21/h2-9,17H,10-14H2,1H3/t17-/m1/s1. The SMILES string of the molecule is Cc1ccccc1OCC(=O)N(Cc1ccccc1F)[C@@H]1CCS(=O)(=O)C1. The maximum absolute atomic E-state index is 14.1. The van der Waals surface area contributed by atoms with Gasteiger partial charge in [-0.3, -0.25) is 4.79 Å². The molecular weight excluding hydrogens is 369 g/mol. The Kier molecular flexibility index (Phi) is 5.79. The van der Waals surface area contributed by atoms with Crippen LogP contribution in [0.2, 0.25) is 0 Å². The number of benzene rings is 2. The van der Waals surface area contributed by atoms with Gasteiger partial charge >= 0.3 is 0 Å². The number of carbonyl (C=O) groups is 1. The molecule has 7 heteroatoms. The highest BCUT2D eigenvalue weighted by atomic mass is 32.2. The number of sulfone groups is 1. The summed E-state index contributed by atoms with van der Waals surface area (Å²) in [6.07, 6.45) is 0.354. The summed E-state index contributed by atoms with van der Waals surface area (Å²) in [6.45, 7) is 1.67. The molecule has 0 aromatic heterocycles. The molecule has 0 aliphatic carbocycles. The van der Waals surface area contributed by atoms with Crippen LogP contribution in [0.1, 0.15) is 17.5 Å². The van der Waals surface area contributed by atoms with Crippen LogP contribution >= 0.6 is 0 Å². The molecular formula is C20H22FNO4S. The Balaban J connectivity index is 1.77. The van der Waals surface area contributed by atoms with E-state index in [9.17, 15) is 17.6 Å². The Bertz CT molecular complexity index is 929. The Morgan fingerprint density at radius 3 is 2.56 bits per heavy atom. The molecule has 0 saturated carbocycles. The predicted octanol–water partition coefficient (Wildman–Crippen LogP) is 2.73. The van der Waals surface area contributed by atoms with E-state index in [4.69, 9.17) is 4.74 Å². The van der Waals surface area contributed by atoms with Crippen molar-refractivity contribution in [2.75, 3.05) is 18.1 Å². The second kappa shape index (κ2) is 8.08. The van der Waals surface area contributed by atoms with E-state index in [-0.39, 0.29) is 30.6 Å². The van der Waals surface area contributed by atoms with Gasteiger partial charge in [0.1, 0.15) is 11.6 Å². The van der Waals surface area contributed by atoms with Gasteiger partial charge in [-0.25, -0.2) is 12.8 Å². The number of amides is 1. The van der Waals surface area contributed by atoms with Crippen molar-refractivity contribution in [2.45, 2.75) is 25.9 Å². The first-order chi connectivity index (χ1) is 12.9. The summed E-state index contributed by atoms with van der Waals surface area (Å²) in [5, 5.41) is 0. The molecule has 0 spiro atoms. The lowest BCUT2D eigenvalue weighted by Gasteiger charge is -2.28. The lowest BCUT2D eigenvalue weighted by atomic mass is 10.1. The van der Waals surface area contributed by atoms with Crippen LogP contribution in [0.25, 0.3) is 0 Å². The minimum absolute atomic E-state index is 0.0167. The van der Waals surface area contributed by atoms with Gasteiger partial charge in [0.25, 0.3) is 5.91 Å². The summed E-state index contributed by atoms with van der Waals surface area (Å²) in [4.78, 5) is 14.3. The molecule has 1 atom stereocenters. The van der Waals surface area contributed by atoms with Crippen LogP contribution in [0.4, 0.5) is 4.39 Å². The molecule has 3 rings (SSSR count). The zero-order valence-corrected chi connectivity index (χ0v) is 15.9. The monoisotopic (exact) mass is 391 g/mol. The second-order valence-corrected chi connectivity index (χ2v) is 8.95. The van der Waals surface area contributed by atoms with Gasteiger partial charge in [0.2, 0.25) is 0 Å². The number of halogens is 1. The zero-order valence-electron chi connectivity index (χ0n) is 15.1. The topological polar surface area (TPSA) is 63.7 Å². The minimum atomic E-state index is -3.18. The van der Waals surface area contributed by atoms with E-state index in [0.717, 1.165) is 5.56 Å². The van der Waals surface area contributed by atoms with E-state index in [1.165, 1.54) is 11.0 Å². The highest BCUT2D eigenvalue weighted by Crippen LogP contribution is 2.22. The lowest BCUT2D eigenvalue weighted by Crippen LogP contribution is -2.43. The number of nitrogens with zero attached hydrogens (tertiary/aromatic N) is 1. The maximum atomic E-state index is 14.1. The number of aryl methyl sites for hydroxylation is 1. The first kappa shape index (κ1) is 19.4. The fraction of sp³-hybridized carbons (Fsp3) is 0.350. The average Bonchev–Trinajstić information content (AvgIpc) is 2.99. The number of ether oxygens (including phenoxy) is 1. The van der Waals surface area contributed by atoms with Crippen LogP contribution in [0.3, 0.4) is 0 Å². The normalized spacial score (nSPS) is 18.2. The molecule has 2 aromatic carbocycles. The van der Waals surface area contributed by atoms with Gasteiger partial charge < -0.3 is 9.64 Å². The first-order valence-electron chi connectivity index (χ1n) is 8.77. The second-order valence-electron chi connectivity index (χ2n) is 6.72. The molecule has 1 aliphatic heterocycles. The largest absolute Gasteiger partial charge is 0.484 e. The van der Waals surface area contributed by atoms with Crippen molar-refractivity contribution in [3.8, 4) is 5.75 Å². The van der Waals surface area contributed by atoms with E-state index < -0.39 is 21.7 Å². The smallest absolute Gasteiger partial charge is 0.261 e. The highest BCUT2D eigenvalue weighted by molar-refractivity contribution is 7.91. The molecule has 0 bridgehead atoms. The summed E-state index contributed by atoms with van der Waals surface area (Å²) in [5.74, 6) is -0.245. The van der Waals surface area contributed by atoms with Gasteiger partial charge in [-0.15, -0.1) is 0 Å². The van der Waals surface area contributed by atoms with Crippen molar-refractivity contribution in [2.24, 2.45) is 0 Å². The van der Waals surface area contributed by atoms with Crippen LogP contribution < -0.4 is 4.74 Å². The molecule has 1 amide bonds. The van der Waals surface area contributed by atoms with Gasteiger partial charge in [-0.2, -0.15) is 0 Å². The lowest BCUT2D eigenvalue weighted by molar-refractivity contribution is -0.136. The number of rotatable bonds is 6. The number of carbonyl (C=O) groups excluding carboxylic acids is 1. The summed E-state index contributed by atoms with van der Waals surface area (Å²) in [5.41, 5.74) is 1.25. The molecule has 1 heterocycles. The van der Waals surface area contributed by atoms with Crippen LogP contribution in [0, 0.1) is 12.7 Å². The predicted molar refractivity (Wildman–Crippen MR) is 101 cm³/mol. The van der Waals surface area contributed by atoms with Crippen LogP contribution in [-0.2, 0) is 21.2 Å². The van der Waals surface area contributed by atoms with E-state index in [1.54, 1.807) is 24.3 Å². The fourth-order valence-electron chi connectivity index (χ4n) is 3.19. The average molecular weight is 391 g/mol. The summed E-state index contributed by atoms with van der Waals surface area (Å²) >= 11 is 0. The third-order valence-corrected chi connectivity index (χ3v) is 6.46. The van der Waals surface area contributed by atoms with Crippen molar-refractivity contribution in [1.29, 1.82) is 0 Å².